The first-order valence-corrected chi connectivity index (χ1v) is 7.36. The van der Waals surface area contributed by atoms with E-state index in [1.54, 1.807) is 0 Å². The number of likely N-dealkylation sites (N-methyl/N-ethyl adjacent to an activating group) is 1. The van der Waals surface area contributed by atoms with Crippen LogP contribution in [0.3, 0.4) is 0 Å². The number of hydrogen-bond acceptors (Lipinski definition) is 2. The van der Waals surface area contributed by atoms with Gasteiger partial charge in [-0.1, -0.05) is 34.1 Å². The summed E-state index contributed by atoms with van der Waals surface area (Å²) in [5.41, 5.74) is 1.13. The van der Waals surface area contributed by atoms with E-state index < -0.39 is 0 Å². The summed E-state index contributed by atoms with van der Waals surface area (Å²) in [6.45, 7) is 4.30. The fourth-order valence-electron chi connectivity index (χ4n) is 1.74. The van der Waals surface area contributed by atoms with Gasteiger partial charge in [0.15, 0.2) is 0 Å². The van der Waals surface area contributed by atoms with Crippen molar-refractivity contribution in [3.8, 4) is 0 Å². The normalized spacial score (nSPS) is 11.6. The molecule has 0 aliphatic rings. The van der Waals surface area contributed by atoms with Crippen LogP contribution in [0.4, 0.5) is 4.79 Å². The highest BCUT2D eigenvalue weighted by atomic mass is 79.9. The second-order valence-corrected chi connectivity index (χ2v) is 5.33. The summed E-state index contributed by atoms with van der Waals surface area (Å²) < 4.78 is 1.02. The van der Waals surface area contributed by atoms with Gasteiger partial charge < -0.3 is 16.0 Å². The molecule has 1 rings (SSSR count). The van der Waals surface area contributed by atoms with Crippen LogP contribution in [-0.4, -0.2) is 31.1 Å². The van der Waals surface area contributed by atoms with Gasteiger partial charge in [-0.3, -0.25) is 4.79 Å². The van der Waals surface area contributed by atoms with Gasteiger partial charge in [-0.25, -0.2) is 4.79 Å². The molecule has 6 heteroatoms. The third-order valence-electron chi connectivity index (χ3n) is 2.64. The summed E-state index contributed by atoms with van der Waals surface area (Å²) in [4.78, 5) is 22.8. The Hall–Kier alpha value is -1.56. The summed E-state index contributed by atoms with van der Waals surface area (Å²) >= 11 is 3.48. The number of amides is 3. The molecule has 0 saturated heterocycles. The molecule has 0 aromatic heterocycles. The van der Waals surface area contributed by atoms with Crippen molar-refractivity contribution in [2.45, 2.75) is 26.3 Å². The molecule has 0 unspecified atom stereocenters. The van der Waals surface area contributed by atoms with Crippen molar-refractivity contribution in [1.82, 2.24) is 16.0 Å². The zero-order valence-corrected chi connectivity index (χ0v) is 13.3. The third-order valence-corrected chi connectivity index (χ3v) is 3.42. The van der Waals surface area contributed by atoms with Crippen LogP contribution in [0, 0.1) is 0 Å². The highest BCUT2D eigenvalue weighted by Crippen LogP contribution is 2.17. The second kappa shape index (κ2) is 8.58. The minimum absolute atomic E-state index is 0.0125. The smallest absolute Gasteiger partial charge is 0.315 e. The van der Waals surface area contributed by atoms with E-state index >= 15 is 0 Å². The van der Waals surface area contributed by atoms with Crippen molar-refractivity contribution in [2.75, 3.05) is 13.1 Å². The molecule has 3 N–H and O–H groups in total. The molecular formula is C14H20BrN3O2. The Morgan fingerprint density at radius 3 is 2.60 bits per heavy atom. The van der Waals surface area contributed by atoms with Crippen LogP contribution in [0.2, 0.25) is 0 Å². The van der Waals surface area contributed by atoms with Gasteiger partial charge in [-0.2, -0.15) is 0 Å². The highest BCUT2D eigenvalue weighted by molar-refractivity contribution is 9.10. The molecule has 0 radical (unpaired) electrons. The quantitative estimate of drug-likeness (QED) is 0.738. The molecule has 0 aliphatic carbocycles. The lowest BCUT2D eigenvalue weighted by Crippen LogP contribution is -2.45. The molecule has 0 aliphatic heterocycles. The summed E-state index contributed by atoms with van der Waals surface area (Å²) in [5, 5.41) is 7.94. The van der Waals surface area contributed by atoms with Crippen LogP contribution >= 0.6 is 15.9 Å². The maximum Gasteiger partial charge on any atom is 0.315 e. The lowest BCUT2D eigenvalue weighted by Gasteiger charge is -2.15. The molecule has 0 bridgehead atoms. The third kappa shape index (κ3) is 6.06. The summed E-state index contributed by atoms with van der Waals surface area (Å²) in [6, 6.07) is 7.53. The number of carbonyl (C=O) groups excluding carboxylic acids is 2. The van der Waals surface area contributed by atoms with Crippen molar-refractivity contribution in [1.29, 1.82) is 0 Å². The predicted molar refractivity (Wildman–Crippen MR) is 82.5 cm³/mol. The molecule has 0 heterocycles. The lowest BCUT2D eigenvalue weighted by molar-refractivity contribution is -0.119. The number of hydrogen-bond donors (Lipinski definition) is 3. The molecule has 1 atom stereocenters. The van der Waals surface area contributed by atoms with E-state index in [9.17, 15) is 9.59 Å². The number of nitrogens with one attached hydrogen (secondary N) is 3. The largest absolute Gasteiger partial charge is 0.355 e. The number of urea groups is 1. The van der Waals surface area contributed by atoms with Crippen LogP contribution in [0.25, 0.3) is 0 Å². The van der Waals surface area contributed by atoms with Crippen LogP contribution in [0.15, 0.2) is 28.7 Å². The average Bonchev–Trinajstić information content (AvgIpc) is 2.39. The Kier molecular flexibility index (Phi) is 7.08. The molecule has 0 spiro atoms. The molecule has 5 nitrogen and oxygen atoms in total. The highest BCUT2D eigenvalue weighted by Gasteiger charge is 2.10. The van der Waals surface area contributed by atoms with E-state index in [2.05, 4.69) is 31.9 Å². The van der Waals surface area contributed by atoms with Gasteiger partial charge in [0.1, 0.15) is 0 Å². The number of benzene rings is 1. The topological polar surface area (TPSA) is 70.2 Å². The van der Waals surface area contributed by atoms with E-state index in [0.717, 1.165) is 16.5 Å². The molecular weight excluding hydrogens is 322 g/mol. The Bertz CT molecular complexity index is 465. The fraction of sp³-hybridized carbons (Fsp3) is 0.429. The van der Waals surface area contributed by atoms with E-state index in [1.165, 1.54) is 0 Å². The molecule has 0 fully saturated rings. The molecule has 110 valence electrons. The number of rotatable bonds is 6. The van der Waals surface area contributed by atoms with Crippen molar-refractivity contribution >= 4 is 27.9 Å². The fourth-order valence-corrected chi connectivity index (χ4v) is 2.19. The Balaban J connectivity index is 2.35. The van der Waals surface area contributed by atoms with Crippen molar-refractivity contribution in [2.24, 2.45) is 0 Å². The zero-order valence-electron chi connectivity index (χ0n) is 11.7. The summed E-state index contributed by atoms with van der Waals surface area (Å²) in [6.07, 6.45) is 0.718. The molecule has 1 aromatic carbocycles. The van der Waals surface area contributed by atoms with Gasteiger partial charge in [-0.15, -0.1) is 0 Å². The second-order valence-electron chi connectivity index (χ2n) is 4.48. The van der Waals surface area contributed by atoms with Gasteiger partial charge in [0.25, 0.3) is 0 Å². The maximum absolute atomic E-state index is 11.6. The predicted octanol–water partition coefficient (Wildman–Crippen LogP) is 1.82. The SMILES string of the molecule is CCNC(=O)CNC(=O)N[C@H](C)Cc1ccccc1Br. The summed E-state index contributed by atoms with van der Waals surface area (Å²) in [7, 11) is 0. The standard InChI is InChI=1S/C14H20BrN3O2/c1-3-16-13(19)9-17-14(20)18-10(2)8-11-6-4-5-7-12(11)15/h4-7,10H,3,8-9H2,1-2H3,(H,16,19)(H2,17,18,20)/t10-/m1/s1. The molecule has 3 amide bonds. The maximum atomic E-state index is 11.6. The van der Waals surface area contributed by atoms with Crippen LogP contribution < -0.4 is 16.0 Å². The summed E-state index contributed by atoms with van der Waals surface area (Å²) in [5.74, 6) is -0.193. The van der Waals surface area contributed by atoms with Gasteiger partial charge in [0.05, 0.1) is 6.54 Å². The molecule has 0 saturated carbocycles. The molecule has 1 aromatic rings. The average molecular weight is 342 g/mol. The van der Waals surface area contributed by atoms with E-state index in [-0.39, 0.29) is 24.5 Å². The van der Waals surface area contributed by atoms with Crippen LogP contribution in [0.5, 0.6) is 0 Å². The van der Waals surface area contributed by atoms with Gasteiger partial charge in [-0.05, 0) is 31.9 Å². The zero-order chi connectivity index (χ0) is 15.0. The van der Waals surface area contributed by atoms with E-state index in [0.29, 0.717) is 6.54 Å². The van der Waals surface area contributed by atoms with Gasteiger partial charge in [0, 0.05) is 17.1 Å². The molecule has 20 heavy (non-hydrogen) atoms. The first-order chi connectivity index (χ1) is 9.52. The van der Waals surface area contributed by atoms with Gasteiger partial charge >= 0.3 is 6.03 Å². The van der Waals surface area contributed by atoms with E-state index in [1.807, 2.05) is 38.1 Å². The minimum Gasteiger partial charge on any atom is -0.355 e. The Morgan fingerprint density at radius 2 is 1.95 bits per heavy atom. The van der Waals surface area contributed by atoms with Crippen molar-refractivity contribution < 1.29 is 9.59 Å². The van der Waals surface area contributed by atoms with Crippen molar-refractivity contribution in [3.05, 3.63) is 34.3 Å². The first kappa shape index (κ1) is 16.5. The number of halogens is 1. The Morgan fingerprint density at radius 1 is 1.25 bits per heavy atom. The monoisotopic (exact) mass is 341 g/mol. The van der Waals surface area contributed by atoms with Crippen LogP contribution in [-0.2, 0) is 11.2 Å². The first-order valence-electron chi connectivity index (χ1n) is 6.57. The van der Waals surface area contributed by atoms with Crippen molar-refractivity contribution in [3.63, 3.8) is 0 Å². The van der Waals surface area contributed by atoms with E-state index in [4.69, 9.17) is 0 Å². The van der Waals surface area contributed by atoms with Gasteiger partial charge in [0.2, 0.25) is 5.91 Å². The lowest BCUT2D eigenvalue weighted by atomic mass is 10.1. The van der Waals surface area contributed by atoms with Crippen LogP contribution in [0.1, 0.15) is 19.4 Å². The number of carbonyl (C=O) groups is 2. The Labute approximate surface area is 127 Å². The minimum atomic E-state index is -0.337.